The second kappa shape index (κ2) is 21.6. The molecule has 5 aromatic carbocycles. The molecule has 3 aliphatic rings. The number of carbonyl (C=O) groups is 7. The lowest BCUT2D eigenvalue weighted by molar-refractivity contribution is -0.178. The first-order valence-corrected chi connectivity index (χ1v) is 23.6. The van der Waals surface area contributed by atoms with Crippen LogP contribution >= 0.6 is 0 Å². The van der Waals surface area contributed by atoms with Crippen LogP contribution in [0.25, 0.3) is 0 Å². The number of rotatable bonds is 13. The number of amides is 4. The molecular formula is C56H54N4O13. The molecule has 0 saturated carbocycles. The van der Waals surface area contributed by atoms with E-state index in [4.69, 9.17) is 18.9 Å². The summed E-state index contributed by atoms with van der Waals surface area (Å²) in [5, 5.41) is 27.8. The monoisotopic (exact) mass is 990 g/mol. The van der Waals surface area contributed by atoms with Crippen LogP contribution in [0.15, 0.2) is 133 Å². The Hall–Kier alpha value is -8.33. The molecule has 0 bridgehead atoms. The van der Waals surface area contributed by atoms with E-state index in [2.05, 4.69) is 22.5 Å². The van der Waals surface area contributed by atoms with E-state index < -0.39 is 101 Å². The van der Waals surface area contributed by atoms with Crippen LogP contribution in [0.3, 0.4) is 0 Å². The van der Waals surface area contributed by atoms with Crippen molar-refractivity contribution in [2.75, 3.05) is 32.8 Å². The van der Waals surface area contributed by atoms with Crippen molar-refractivity contribution in [2.24, 2.45) is 17.8 Å². The minimum absolute atomic E-state index is 0.0302. The molecule has 1 spiro atoms. The molecule has 8 atom stereocenters. The normalized spacial score (nSPS) is 21.8. The van der Waals surface area contributed by atoms with Gasteiger partial charge < -0.3 is 39.8 Å². The first-order chi connectivity index (χ1) is 35.2. The number of morpholine rings is 1. The van der Waals surface area contributed by atoms with Gasteiger partial charge in [-0.25, -0.2) is 14.5 Å². The number of anilines is 1. The average molecular weight is 991 g/mol. The van der Waals surface area contributed by atoms with Gasteiger partial charge in [-0.15, -0.1) is 0 Å². The lowest BCUT2D eigenvalue weighted by atomic mass is 9.65. The Bertz CT molecular complexity index is 2940. The van der Waals surface area contributed by atoms with Crippen LogP contribution in [0, 0.1) is 29.6 Å². The summed E-state index contributed by atoms with van der Waals surface area (Å²) in [6, 6.07) is 30.9. The molecule has 0 aliphatic carbocycles. The number of fused-ring (bicyclic) bond motifs is 3. The molecule has 73 heavy (non-hydrogen) atoms. The van der Waals surface area contributed by atoms with Gasteiger partial charge >= 0.3 is 29.9 Å². The van der Waals surface area contributed by atoms with Crippen LogP contribution in [0.5, 0.6) is 5.75 Å². The zero-order valence-electron chi connectivity index (χ0n) is 40.6. The quantitative estimate of drug-likeness (QED) is 0.0494. The van der Waals surface area contributed by atoms with Crippen molar-refractivity contribution in [1.82, 2.24) is 15.5 Å². The lowest BCUT2D eigenvalue weighted by Crippen LogP contribution is -2.58. The van der Waals surface area contributed by atoms with E-state index in [9.17, 15) is 24.6 Å². The topological polar surface area (TPSA) is 227 Å². The number of urea groups is 1. The Morgan fingerprint density at radius 3 is 1.92 bits per heavy atom. The molecule has 8 rings (SSSR count). The second-order valence-corrected chi connectivity index (χ2v) is 18.2. The third kappa shape index (κ3) is 9.50. The number of hydrogen-bond acceptors (Lipinski definition) is 14. The van der Waals surface area contributed by atoms with Gasteiger partial charge in [-0.2, -0.15) is 0 Å². The minimum atomic E-state index is -2.29. The van der Waals surface area contributed by atoms with Gasteiger partial charge in [-0.05, 0) is 64.1 Å². The number of imide groups is 1. The first-order valence-electron chi connectivity index (χ1n) is 23.6. The second-order valence-electron chi connectivity index (χ2n) is 18.2. The molecule has 0 aromatic heterocycles. The van der Waals surface area contributed by atoms with Crippen LogP contribution in [0.1, 0.15) is 77.9 Å². The number of hydrogen-bond donors (Lipinski definition) is 4. The van der Waals surface area contributed by atoms with E-state index in [1.165, 1.54) is 30.3 Å². The molecule has 4 N–H and O–H groups in total. The average Bonchev–Trinajstić information content (AvgIpc) is 3.87. The number of carbonyl (C=O) groups excluding carboxylic acids is 7. The standard InChI is InChI=1S/C56H54N4O13/c1-32(2)44(52(66)72-5)58-55(69)59-41-29-24-33(16-15-23-39(50(64)70-3)51(65)71-4)30-40(41)56(54(59)68)43(49(63)57-31-42(62)34-17-9-6-10-18-34)46-53(67)73-47(36-21-13-8-14-22-36)45(35-19-11-7-12-20-35)60(46)48(56)37-25-27-38(61)28-26-37/h6-14,17-22,24-30,32,39,42-48,61-62H,23,31H2,1-5H3,(H,57,63)(H,58,69)/t42-,43-,44-,45-,46-,47+,48+,56-/m0/s1. The van der Waals surface area contributed by atoms with Gasteiger partial charge in [-0.1, -0.05) is 129 Å². The fraction of sp³-hybridized carbons (Fsp3) is 0.304. The Morgan fingerprint density at radius 2 is 1.33 bits per heavy atom. The number of esters is 4. The number of benzene rings is 5. The van der Waals surface area contributed by atoms with Crippen molar-refractivity contribution >= 4 is 47.4 Å². The minimum Gasteiger partial charge on any atom is -0.508 e. The molecule has 376 valence electrons. The van der Waals surface area contributed by atoms with Gasteiger partial charge in [0.25, 0.3) is 0 Å². The van der Waals surface area contributed by atoms with E-state index in [-0.39, 0.29) is 35.5 Å². The number of nitrogens with one attached hydrogen (secondary N) is 2. The molecule has 0 radical (unpaired) electrons. The number of aliphatic hydroxyl groups excluding tert-OH is 1. The van der Waals surface area contributed by atoms with E-state index in [0.717, 1.165) is 26.2 Å². The summed E-state index contributed by atoms with van der Waals surface area (Å²) in [6.45, 7) is 2.98. The molecule has 4 amide bonds. The maximum atomic E-state index is 16.6. The maximum absolute atomic E-state index is 16.6. The van der Waals surface area contributed by atoms with Crippen molar-refractivity contribution in [3.63, 3.8) is 0 Å². The summed E-state index contributed by atoms with van der Waals surface area (Å²) in [5.74, 6) is -3.28. The van der Waals surface area contributed by atoms with Crippen molar-refractivity contribution in [3.8, 4) is 17.6 Å². The highest BCUT2D eigenvalue weighted by Gasteiger charge is 2.75. The van der Waals surface area contributed by atoms with Crippen molar-refractivity contribution in [2.45, 2.75) is 62.1 Å². The smallest absolute Gasteiger partial charge is 0.329 e. The highest BCUT2D eigenvalue weighted by molar-refractivity contribution is 6.25. The predicted molar refractivity (Wildman–Crippen MR) is 263 cm³/mol. The summed E-state index contributed by atoms with van der Waals surface area (Å²) in [5.41, 5.74) is -0.00995. The summed E-state index contributed by atoms with van der Waals surface area (Å²) >= 11 is 0. The predicted octanol–water partition coefficient (Wildman–Crippen LogP) is 5.52. The van der Waals surface area contributed by atoms with Gasteiger partial charge in [0.15, 0.2) is 5.92 Å². The number of nitrogens with zero attached hydrogens (tertiary/aromatic N) is 2. The van der Waals surface area contributed by atoms with Crippen LogP contribution in [0.4, 0.5) is 10.5 Å². The van der Waals surface area contributed by atoms with Crippen molar-refractivity contribution in [1.29, 1.82) is 0 Å². The zero-order chi connectivity index (χ0) is 52.1. The highest BCUT2D eigenvalue weighted by Crippen LogP contribution is 2.66. The highest BCUT2D eigenvalue weighted by atomic mass is 16.6. The number of cyclic esters (lactones) is 1. The molecule has 2 saturated heterocycles. The largest absolute Gasteiger partial charge is 0.508 e. The number of ether oxygens (including phenoxy) is 4. The van der Waals surface area contributed by atoms with Gasteiger partial charge in [0.1, 0.15) is 29.4 Å². The van der Waals surface area contributed by atoms with Crippen molar-refractivity contribution in [3.05, 3.63) is 167 Å². The number of phenols is 1. The number of aliphatic hydroxyl groups is 1. The molecule has 17 heteroatoms. The number of phenolic OH excluding ortho intramolecular Hbond substituents is 1. The molecule has 3 aliphatic heterocycles. The van der Waals surface area contributed by atoms with Gasteiger partial charge in [0.2, 0.25) is 11.8 Å². The molecule has 2 fully saturated rings. The Kier molecular flexibility index (Phi) is 15.1. The van der Waals surface area contributed by atoms with E-state index in [0.29, 0.717) is 22.3 Å². The summed E-state index contributed by atoms with van der Waals surface area (Å²) in [4.78, 5) is 104. The third-order valence-electron chi connectivity index (χ3n) is 13.7. The maximum Gasteiger partial charge on any atom is 0.329 e. The Labute approximate surface area is 421 Å². The summed E-state index contributed by atoms with van der Waals surface area (Å²) in [7, 11) is 3.40. The zero-order valence-corrected chi connectivity index (χ0v) is 40.6. The van der Waals surface area contributed by atoms with Crippen LogP contribution < -0.4 is 15.5 Å². The van der Waals surface area contributed by atoms with Crippen LogP contribution in [0.2, 0.25) is 0 Å². The molecule has 5 aromatic rings. The van der Waals surface area contributed by atoms with E-state index in [1.54, 1.807) is 85.5 Å². The molecular weight excluding hydrogens is 937 g/mol. The van der Waals surface area contributed by atoms with Crippen LogP contribution in [-0.4, -0.2) is 96.8 Å². The fourth-order valence-electron chi connectivity index (χ4n) is 10.4. The van der Waals surface area contributed by atoms with Crippen LogP contribution in [-0.2, 0) is 53.1 Å². The third-order valence-corrected chi connectivity index (χ3v) is 13.7. The number of aromatic hydroxyl groups is 1. The summed E-state index contributed by atoms with van der Waals surface area (Å²) in [6.07, 6.45) is -2.63. The lowest BCUT2D eigenvalue weighted by Gasteiger charge is -2.46. The molecule has 17 nitrogen and oxygen atoms in total. The number of methoxy groups -OCH3 is 3. The SMILES string of the molecule is COC(=O)C(CC#Cc1ccc2c(c1)[C@]1(C(=O)N2C(=O)N[C@H](C(=O)OC)C(C)C)[C@H](C(=O)NC[C@H](O)c2ccccc2)[C@H]2C(=O)O[C@H](c3ccccc3)[C@H](c3ccccc3)N2[C@@H]1c1ccc(O)cc1)C(=O)OC. The fourth-order valence-corrected chi connectivity index (χ4v) is 10.4. The first kappa shape index (κ1) is 51.0. The van der Waals surface area contributed by atoms with Gasteiger partial charge in [0.05, 0.1) is 51.1 Å². The van der Waals surface area contributed by atoms with E-state index >= 15 is 19.2 Å². The van der Waals surface area contributed by atoms with Crippen molar-refractivity contribution < 1.29 is 62.7 Å². The summed E-state index contributed by atoms with van der Waals surface area (Å²) < 4.78 is 21.2. The van der Waals surface area contributed by atoms with Gasteiger partial charge in [0, 0.05) is 18.5 Å². The molecule has 0 unspecified atom stereocenters. The Balaban J connectivity index is 1.43. The van der Waals surface area contributed by atoms with Gasteiger partial charge in [-0.3, -0.25) is 28.9 Å². The molecule has 3 heterocycles. The van der Waals surface area contributed by atoms with E-state index in [1.807, 2.05) is 36.4 Å². The Morgan fingerprint density at radius 1 is 0.740 bits per heavy atom.